The zero-order valence-corrected chi connectivity index (χ0v) is 12.1. The van der Waals surface area contributed by atoms with E-state index in [1.165, 1.54) is 0 Å². The normalized spacial score (nSPS) is 9.50. The highest BCUT2D eigenvalue weighted by atomic mass is 35.5. The minimum Gasteiger partial charge on any atom is -1.00 e. The molecule has 0 bridgehead atoms. The van der Waals surface area contributed by atoms with Crippen LogP contribution in [-0.4, -0.2) is 6.10 Å². The van der Waals surface area contributed by atoms with E-state index < -0.39 is 0 Å². The first-order valence-corrected chi connectivity index (χ1v) is 6.17. The summed E-state index contributed by atoms with van der Waals surface area (Å²) >= 11 is 0. The highest BCUT2D eigenvalue weighted by Crippen LogP contribution is 2.32. The summed E-state index contributed by atoms with van der Waals surface area (Å²) in [5.74, 6) is 0.554. The van der Waals surface area contributed by atoms with Gasteiger partial charge in [0, 0.05) is 23.5 Å². The van der Waals surface area contributed by atoms with E-state index in [-0.39, 0.29) is 18.5 Å². The second-order valence-corrected chi connectivity index (χ2v) is 4.44. The van der Waals surface area contributed by atoms with Crippen LogP contribution in [0.5, 0.6) is 5.75 Å². The lowest BCUT2D eigenvalue weighted by Crippen LogP contribution is -3.00. The van der Waals surface area contributed by atoms with Crippen LogP contribution in [-0.2, 0) is 0 Å². The Labute approximate surface area is 124 Å². The second kappa shape index (κ2) is 7.37. The summed E-state index contributed by atoms with van der Waals surface area (Å²) in [6.07, 6.45) is 0.0208. The van der Waals surface area contributed by atoms with E-state index in [0.717, 1.165) is 11.4 Å². The van der Waals surface area contributed by atoms with Gasteiger partial charge in [-0.15, -0.1) is 0 Å². The molecule has 0 fully saturated rings. The van der Waals surface area contributed by atoms with Gasteiger partial charge in [0.1, 0.15) is 0 Å². The Hall–Kier alpha value is -2.25. The van der Waals surface area contributed by atoms with Crippen LogP contribution in [0.4, 0.5) is 17.1 Å². The van der Waals surface area contributed by atoms with Gasteiger partial charge >= 0.3 is 5.69 Å². The van der Waals surface area contributed by atoms with E-state index in [0.29, 0.717) is 11.4 Å². The van der Waals surface area contributed by atoms with Gasteiger partial charge in [0.15, 0.2) is 4.98 Å². The van der Waals surface area contributed by atoms with Crippen molar-refractivity contribution in [1.29, 1.82) is 5.39 Å². The molecule has 0 unspecified atom stereocenters. The van der Waals surface area contributed by atoms with Crippen molar-refractivity contribution in [2.45, 2.75) is 20.0 Å². The van der Waals surface area contributed by atoms with Crippen molar-refractivity contribution in [3.63, 3.8) is 0 Å². The van der Waals surface area contributed by atoms with E-state index >= 15 is 0 Å². The summed E-state index contributed by atoms with van der Waals surface area (Å²) in [4.78, 5) is 3.22. The van der Waals surface area contributed by atoms with Crippen LogP contribution in [0.1, 0.15) is 13.8 Å². The molecule has 5 heteroatoms. The lowest BCUT2D eigenvalue weighted by atomic mass is 10.2. The van der Waals surface area contributed by atoms with Crippen molar-refractivity contribution in [3.8, 4) is 5.75 Å². The molecule has 2 aromatic carbocycles. The van der Waals surface area contributed by atoms with Gasteiger partial charge < -0.3 is 22.5 Å². The molecule has 0 aliphatic carbocycles. The second-order valence-electron chi connectivity index (χ2n) is 4.44. The predicted octanol–water partition coefficient (Wildman–Crippen LogP) is 1.71. The number of nitrogens with one attached hydrogen (secondary N) is 1. The Morgan fingerprint density at radius 3 is 2.35 bits per heavy atom. The molecular weight excluding hydrogens is 274 g/mol. The monoisotopic (exact) mass is 289 g/mol. The van der Waals surface area contributed by atoms with Crippen molar-refractivity contribution in [2.75, 3.05) is 5.32 Å². The van der Waals surface area contributed by atoms with Gasteiger partial charge in [-0.1, -0.05) is 18.2 Å². The third-order valence-corrected chi connectivity index (χ3v) is 2.49. The molecule has 0 radical (unpaired) electrons. The standard InChI is InChI=1S/C15H16N3O.ClH/c1-11(2)19-15-10-13(8-9-14(15)18-16)17-12-6-4-3-5-7-12;/h3-11,17H,1-2H3;1H/q+1;/p-1. The summed E-state index contributed by atoms with van der Waals surface area (Å²) in [6, 6.07) is 15.2. The average Bonchev–Trinajstić information content (AvgIpc) is 2.39. The average molecular weight is 290 g/mol. The van der Waals surface area contributed by atoms with Gasteiger partial charge in [0.25, 0.3) is 0 Å². The van der Waals surface area contributed by atoms with E-state index in [1.807, 2.05) is 56.3 Å². The molecule has 0 aliphatic heterocycles. The van der Waals surface area contributed by atoms with Crippen LogP contribution in [0.3, 0.4) is 0 Å². The SMILES string of the molecule is CC(C)Oc1cc(Nc2ccccc2)ccc1[N+]#N.[Cl-]. The summed E-state index contributed by atoms with van der Waals surface area (Å²) in [7, 11) is 0. The van der Waals surface area contributed by atoms with E-state index in [2.05, 4.69) is 10.3 Å². The minimum atomic E-state index is 0. The van der Waals surface area contributed by atoms with Gasteiger partial charge in [-0.3, -0.25) is 0 Å². The Balaban J connectivity index is 0.00000200. The number of rotatable bonds is 4. The number of anilines is 2. The molecule has 4 nitrogen and oxygen atoms in total. The number of diazo groups is 1. The van der Waals surface area contributed by atoms with Crippen LogP contribution < -0.4 is 22.5 Å². The van der Waals surface area contributed by atoms with Crippen molar-refractivity contribution in [3.05, 3.63) is 53.5 Å². The van der Waals surface area contributed by atoms with Gasteiger partial charge in [-0.2, -0.15) is 0 Å². The molecule has 0 aliphatic rings. The first-order valence-electron chi connectivity index (χ1n) is 6.17. The number of nitrogens with zero attached hydrogens (tertiary/aromatic N) is 2. The third kappa shape index (κ3) is 4.15. The number of hydrogen-bond acceptors (Lipinski definition) is 3. The Kier molecular flexibility index (Phi) is 5.82. The number of para-hydroxylation sites is 1. The van der Waals surface area contributed by atoms with Crippen molar-refractivity contribution in [2.24, 2.45) is 0 Å². The molecule has 2 rings (SSSR count). The zero-order chi connectivity index (χ0) is 13.7. The fourth-order valence-electron chi connectivity index (χ4n) is 1.71. The molecule has 0 heterocycles. The molecule has 104 valence electrons. The topological polar surface area (TPSA) is 49.4 Å². The summed E-state index contributed by atoms with van der Waals surface area (Å²) in [6.45, 7) is 3.86. The van der Waals surface area contributed by atoms with Crippen LogP contribution in [0.2, 0.25) is 0 Å². The zero-order valence-electron chi connectivity index (χ0n) is 11.4. The number of hydrogen-bond donors (Lipinski definition) is 1. The fraction of sp³-hybridized carbons (Fsp3) is 0.200. The fourth-order valence-corrected chi connectivity index (χ4v) is 1.71. The lowest BCUT2D eigenvalue weighted by molar-refractivity contribution is -0.00000532. The molecule has 0 saturated heterocycles. The maximum absolute atomic E-state index is 8.94. The number of halogens is 1. The lowest BCUT2D eigenvalue weighted by Gasteiger charge is -2.10. The Morgan fingerprint density at radius 1 is 1.05 bits per heavy atom. The molecular formula is C15H16ClN3O. The van der Waals surface area contributed by atoms with E-state index in [9.17, 15) is 0 Å². The minimum absolute atomic E-state index is 0. The van der Waals surface area contributed by atoms with Crippen LogP contribution in [0, 0.1) is 5.39 Å². The van der Waals surface area contributed by atoms with Crippen molar-refractivity contribution >= 4 is 17.1 Å². The number of benzene rings is 2. The smallest absolute Gasteiger partial charge is 0.426 e. The van der Waals surface area contributed by atoms with Gasteiger partial charge in [-0.05, 0) is 32.0 Å². The highest BCUT2D eigenvalue weighted by molar-refractivity contribution is 5.68. The summed E-state index contributed by atoms with van der Waals surface area (Å²) < 4.78 is 5.62. The molecule has 0 aromatic heterocycles. The molecule has 0 spiro atoms. The maximum Gasteiger partial charge on any atom is 0.426 e. The summed E-state index contributed by atoms with van der Waals surface area (Å²) in [5, 5.41) is 12.2. The van der Waals surface area contributed by atoms with Crippen LogP contribution in [0.25, 0.3) is 4.98 Å². The third-order valence-electron chi connectivity index (χ3n) is 2.49. The van der Waals surface area contributed by atoms with Gasteiger partial charge in [-0.25, -0.2) is 0 Å². The first kappa shape index (κ1) is 15.8. The van der Waals surface area contributed by atoms with Gasteiger partial charge in [0.05, 0.1) is 6.10 Å². The molecule has 0 amide bonds. The highest BCUT2D eigenvalue weighted by Gasteiger charge is 2.16. The Morgan fingerprint density at radius 2 is 1.75 bits per heavy atom. The number of ether oxygens (including phenoxy) is 1. The molecule has 1 N–H and O–H groups in total. The predicted molar refractivity (Wildman–Crippen MR) is 76.7 cm³/mol. The van der Waals surface area contributed by atoms with Crippen LogP contribution >= 0.6 is 0 Å². The molecule has 0 saturated carbocycles. The van der Waals surface area contributed by atoms with Crippen molar-refractivity contribution in [1.82, 2.24) is 0 Å². The van der Waals surface area contributed by atoms with E-state index in [4.69, 9.17) is 10.1 Å². The molecule has 20 heavy (non-hydrogen) atoms. The molecule has 0 atom stereocenters. The maximum atomic E-state index is 8.94. The summed E-state index contributed by atoms with van der Waals surface area (Å²) in [5.41, 5.74) is 2.30. The first-order chi connectivity index (χ1) is 9.19. The van der Waals surface area contributed by atoms with E-state index in [1.54, 1.807) is 6.07 Å². The Bertz CT molecular complexity index is 594. The van der Waals surface area contributed by atoms with Crippen molar-refractivity contribution < 1.29 is 17.1 Å². The van der Waals surface area contributed by atoms with Crippen LogP contribution in [0.15, 0.2) is 48.5 Å². The molecule has 2 aromatic rings. The largest absolute Gasteiger partial charge is 1.00 e. The van der Waals surface area contributed by atoms with Gasteiger partial charge in [0.2, 0.25) is 11.1 Å². The quantitative estimate of drug-likeness (QED) is 0.872.